The largest absolute Gasteiger partial charge is 0.270 e. The number of benzene rings is 1. The number of thioether (sulfide) groups is 1. The molecular formula is C18H15NO2S2. The van der Waals surface area contributed by atoms with Crippen molar-refractivity contribution in [3.63, 3.8) is 0 Å². The Kier molecular flexibility index (Phi) is 4.79. The molecule has 3 nitrogen and oxygen atoms in total. The molecule has 0 N–H and O–H groups in total. The highest BCUT2D eigenvalue weighted by Gasteiger charge is 2.38. The van der Waals surface area contributed by atoms with Crippen molar-refractivity contribution in [3.8, 4) is 0 Å². The van der Waals surface area contributed by atoms with Gasteiger partial charge in [-0.25, -0.2) is 0 Å². The highest BCUT2D eigenvalue weighted by molar-refractivity contribution is 8.03. The van der Waals surface area contributed by atoms with Crippen LogP contribution in [0, 0.1) is 0 Å². The van der Waals surface area contributed by atoms with E-state index in [9.17, 15) is 9.59 Å². The maximum absolute atomic E-state index is 12.6. The summed E-state index contributed by atoms with van der Waals surface area (Å²) in [7, 11) is 0. The Morgan fingerprint density at radius 3 is 2.52 bits per heavy atom. The van der Waals surface area contributed by atoms with Crippen LogP contribution >= 0.6 is 23.1 Å². The Balaban J connectivity index is 1.92. The first-order valence-electron chi connectivity index (χ1n) is 7.14. The molecule has 0 spiro atoms. The predicted octanol–water partition coefficient (Wildman–Crippen LogP) is 3.95. The quantitative estimate of drug-likeness (QED) is 0.590. The first kappa shape index (κ1) is 15.8. The highest BCUT2D eigenvalue weighted by Crippen LogP contribution is 2.38. The molecule has 3 rings (SSSR count). The number of carbonyl (C=O) groups excluding carboxylic acids is 2. The average molecular weight is 341 g/mol. The van der Waals surface area contributed by atoms with E-state index in [0.717, 1.165) is 10.4 Å². The maximum Gasteiger partial charge on any atom is 0.268 e. The number of hydrogen-bond acceptors (Lipinski definition) is 4. The first-order chi connectivity index (χ1) is 11.2. The fourth-order valence-electron chi connectivity index (χ4n) is 2.35. The van der Waals surface area contributed by atoms with Crippen LogP contribution in [0.3, 0.4) is 0 Å². The van der Waals surface area contributed by atoms with E-state index in [1.54, 1.807) is 6.08 Å². The van der Waals surface area contributed by atoms with Gasteiger partial charge in [0.1, 0.15) is 0 Å². The van der Waals surface area contributed by atoms with Gasteiger partial charge in [-0.3, -0.25) is 14.5 Å². The smallest absolute Gasteiger partial charge is 0.268 e. The van der Waals surface area contributed by atoms with Crippen molar-refractivity contribution in [2.75, 3.05) is 6.54 Å². The second-order valence-corrected chi connectivity index (χ2v) is 6.90. The third-order valence-electron chi connectivity index (χ3n) is 3.43. The fraction of sp³-hybridized carbons (Fsp3) is 0.111. The second-order valence-electron chi connectivity index (χ2n) is 4.97. The van der Waals surface area contributed by atoms with E-state index in [0.29, 0.717) is 16.2 Å². The summed E-state index contributed by atoms with van der Waals surface area (Å²) in [6.45, 7) is 3.87. The van der Waals surface area contributed by atoms with Crippen LogP contribution in [0.15, 0.2) is 65.4 Å². The van der Waals surface area contributed by atoms with Gasteiger partial charge in [-0.05, 0) is 17.0 Å². The van der Waals surface area contributed by atoms with E-state index in [1.165, 1.54) is 28.0 Å². The number of hydrogen-bond donors (Lipinski definition) is 0. The predicted molar refractivity (Wildman–Crippen MR) is 95.9 cm³/mol. The second kappa shape index (κ2) is 6.98. The molecule has 5 heteroatoms. The zero-order valence-corrected chi connectivity index (χ0v) is 14.0. The van der Waals surface area contributed by atoms with Crippen LogP contribution in [0.5, 0.6) is 0 Å². The minimum atomic E-state index is -0.229. The summed E-state index contributed by atoms with van der Waals surface area (Å²) in [6, 6.07) is 13.7. The van der Waals surface area contributed by atoms with Gasteiger partial charge in [-0.15, -0.1) is 29.7 Å². The van der Waals surface area contributed by atoms with Crippen molar-refractivity contribution in [1.29, 1.82) is 0 Å². The van der Waals surface area contributed by atoms with Gasteiger partial charge in [0.15, 0.2) is 0 Å². The van der Waals surface area contributed by atoms with E-state index in [4.69, 9.17) is 0 Å². The topological polar surface area (TPSA) is 37.4 Å². The summed E-state index contributed by atoms with van der Waals surface area (Å²) in [5.74, 6) is 0.207. The Bertz CT molecular complexity index is 764. The third kappa shape index (κ3) is 3.16. The van der Waals surface area contributed by atoms with Gasteiger partial charge in [-0.1, -0.05) is 42.5 Å². The molecule has 1 aromatic heterocycles. The van der Waals surface area contributed by atoms with E-state index in [2.05, 4.69) is 6.58 Å². The number of carbonyl (C=O) groups is 2. The van der Waals surface area contributed by atoms with Crippen LogP contribution < -0.4 is 0 Å². The molecule has 0 saturated carbocycles. The van der Waals surface area contributed by atoms with E-state index in [-0.39, 0.29) is 18.4 Å². The Morgan fingerprint density at radius 1 is 1.09 bits per heavy atom. The molecule has 2 amide bonds. The Morgan fingerprint density at radius 2 is 1.87 bits per heavy atom. The van der Waals surface area contributed by atoms with Crippen molar-refractivity contribution in [1.82, 2.24) is 4.90 Å². The van der Waals surface area contributed by atoms with Crippen LogP contribution in [0.25, 0.3) is 5.57 Å². The molecule has 1 aliphatic heterocycles. The molecule has 2 heterocycles. The normalized spacial score (nSPS) is 14.7. The lowest BCUT2D eigenvalue weighted by Crippen LogP contribution is -2.31. The van der Waals surface area contributed by atoms with Gasteiger partial charge < -0.3 is 0 Å². The lowest BCUT2D eigenvalue weighted by Gasteiger charge is -2.11. The van der Waals surface area contributed by atoms with Gasteiger partial charge in [0.05, 0.1) is 10.5 Å². The van der Waals surface area contributed by atoms with Crippen molar-refractivity contribution < 1.29 is 9.59 Å². The monoisotopic (exact) mass is 341 g/mol. The van der Waals surface area contributed by atoms with Gasteiger partial charge >= 0.3 is 0 Å². The summed E-state index contributed by atoms with van der Waals surface area (Å²) in [4.78, 5) is 27.9. The number of imide groups is 1. The van der Waals surface area contributed by atoms with Crippen molar-refractivity contribution in [2.45, 2.75) is 5.75 Å². The van der Waals surface area contributed by atoms with Gasteiger partial charge in [0.25, 0.3) is 11.8 Å². The number of rotatable bonds is 6. The summed E-state index contributed by atoms with van der Waals surface area (Å²) in [5, 5.41) is 1.91. The lowest BCUT2D eigenvalue weighted by molar-refractivity contribution is -0.135. The highest BCUT2D eigenvalue weighted by atomic mass is 32.2. The van der Waals surface area contributed by atoms with E-state index in [1.807, 2.05) is 47.8 Å². The molecule has 1 aromatic carbocycles. The fourth-order valence-corrected chi connectivity index (χ4v) is 4.26. The summed E-state index contributed by atoms with van der Waals surface area (Å²) in [6.07, 6.45) is 1.58. The summed E-state index contributed by atoms with van der Waals surface area (Å²) < 4.78 is 0. The van der Waals surface area contributed by atoms with Crippen LogP contribution in [0.1, 0.15) is 10.4 Å². The van der Waals surface area contributed by atoms with Gasteiger partial charge in [-0.2, -0.15) is 0 Å². The summed E-state index contributed by atoms with van der Waals surface area (Å²) >= 11 is 2.90. The molecule has 0 radical (unpaired) electrons. The number of thiophene rings is 1. The molecule has 116 valence electrons. The molecule has 1 aliphatic rings. The third-order valence-corrected chi connectivity index (χ3v) is 5.46. The van der Waals surface area contributed by atoms with Crippen LogP contribution in [0.4, 0.5) is 0 Å². The van der Waals surface area contributed by atoms with Gasteiger partial charge in [0, 0.05) is 17.2 Å². The summed E-state index contributed by atoms with van der Waals surface area (Å²) in [5.41, 5.74) is 1.64. The van der Waals surface area contributed by atoms with E-state index < -0.39 is 0 Å². The molecule has 23 heavy (non-hydrogen) atoms. The van der Waals surface area contributed by atoms with Crippen molar-refractivity contribution in [3.05, 3.63) is 75.8 Å². The Hall–Kier alpha value is -2.11. The zero-order chi connectivity index (χ0) is 16.2. The molecule has 0 bridgehead atoms. The minimum Gasteiger partial charge on any atom is -0.270 e. The zero-order valence-electron chi connectivity index (χ0n) is 12.4. The molecule has 0 fully saturated rings. The standard InChI is InChI=1S/C18H15NO2S2/c1-2-10-19-17(20)15(14-9-6-11-22-14)16(18(19)21)23-12-13-7-4-3-5-8-13/h2-9,11H,1,10,12H2. The molecule has 0 saturated heterocycles. The molecular weight excluding hydrogens is 326 g/mol. The van der Waals surface area contributed by atoms with Crippen LogP contribution in [0.2, 0.25) is 0 Å². The lowest BCUT2D eigenvalue weighted by atomic mass is 10.2. The maximum atomic E-state index is 12.6. The molecule has 0 atom stereocenters. The van der Waals surface area contributed by atoms with Crippen LogP contribution in [-0.4, -0.2) is 23.3 Å². The average Bonchev–Trinajstić information content (AvgIpc) is 3.16. The van der Waals surface area contributed by atoms with Crippen molar-refractivity contribution in [2.24, 2.45) is 0 Å². The van der Waals surface area contributed by atoms with Crippen LogP contribution in [-0.2, 0) is 15.3 Å². The van der Waals surface area contributed by atoms with E-state index >= 15 is 0 Å². The minimum absolute atomic E-state index is 0.223. The SMILES string of the molecule is C=CCN1C(=O)C(SCc2ccccc2)=C(c2cccs2)C1=O. The van der Waals surface area contributed by atoms with Gasteiger partial charge in [0.2, 0.25) is 0 Å². The number of nitrogens with zero attached hydrogens (tertiary/aromatic N) is 1. The first-order valence-corrected chi connectivity index (χ1v) is 9.01. The Labute approximate surface area is 143 Å². The molecule has 0 aliphatic carbocycles. The number of amides is 2. The van der Waals surface area contributed by atoms with Crippen molar-refractivity contribution >= 4 is 40.5 Å². The molecule has 0 unspecified atom stereocenters. The molecule has 2 aromatic rings.